The lowest BCUT2D eigenvalue weighted by atomic mass is 9.99. The normalized spacial score (nSPS) is 12.2. The molecule has 0 aliphatic rings. The van der Waals surface area contributed by atoms with Gasteiger partial charge in [0.1, 0.15) is 11.9 Å². The first-order valence-corrected chi connectivity index (χ1v) is 6.94. The summed E-state index contributed by atoms with van der Waals surface area (Å²) in [6.45, 7) is 6.82. The molecule has 20 heavy (non-hydrogen) atoms. The van der Waals surface area contributed by atoms with Gasteiger partial charge < -0.3 is 9.84 Å². The van der Waals surface area contributed by atoms with Crippen LogP contribution in [0.3, 0.4) is 0 Å². The lowest BCUT2D eigenvalue weighted by molar-refractivity contribution is 0.218. The molecule has 1 N–H and O–H groups in total. The summed E-state index contributed by atoms with van der Waals surface area (Å²) in [6, 6.07) is 7.84. The summed E-state index contributed by atoms with van der Waals surface area (Å²) in [4.78, 5) is 4.14. The molecule has 1 heterocycles. The molecule has 1 aromatic heterocycles. The minimum absolute atomic E-state index is 0.658. The zero-order valence-electron chi connectivity index (χ0n) is 12.3. The summed E-state index contributed by atoms with van der Waals surface area (Å²) in [5.74, 6) is 0.701. The number of aliphatic hydroxyl groups is 1. The highest BCUT2D eigenvalue weighted by Crippen LogP contribution is 2.25. The van der Waals surface area contributed by atoms with E-state index in [2.05, 4.69) is 18.8 Å². The Kier molecular flexibility index (Phi) is 4.74. The van der Waals surface area contributed by atoms with Crippen LogP contribution in [-0.2, 0) is 0 Å². The topological polar surface area (TPSA) is 42.4 Å². The number of nitrogens with zero attached hydrogens (tertiary/aromatic N) is 1. The molecular weight excluding hydrogens is 250 g/mol. The molecule has 0 amide bonds. The van der Waals surface area contributed by atoms with E-state index < -0.39 is 6.10 Å². The van der Waals surface area contributed by atoms with Crippen molar-refractivity contribution < 1.29 is 9.84 Å². The van der Waals surface area contributed by atoms with Gasteiger partial charge in [-0.05, 0) is 43.0 Å². The van der Waals surface area contributed by atoms with Crippen LogP contribution in [0.4, 0.5) is 0 Å². The highest BCUT2D eigenvalue weighted by atomic mass is 16.5. The van der Waals surface area contributed by atoms with E-state index in [0.29, 0.717) is 12.4 Å². The summed E-state index contributed by atoms with van der Waals surface area (Å²) in [5, 5.41) is 10.5. The van der Waals surface area contributed by atoms with Crippen LogP contribution in [-0.4, -0.2) is 16.7 Å². The molecule has 0 fully saturated rings. The van der Waals surface area contributed by atoms with Crippen molar-refractivity contribution >= 4 is 0 Å². The van der Waals surface area contributed by atoms with Crippen LogP contribution in [0.15, 0.2) is 36.7 Å². The van der Waals surface area contributed by atoms with E-state index in [0.717, 1.165) is 17.5 Å². The second-order valence-electron chi connectivity index (χ2n) is 5.05. The SMILES string of the molecule is CCCOc1cncc(C(O)c2ccc(C)c(C)c2)c1. The molecule has 0 bridgehead atoms. The van der Waals surface area contributed by atoms with Gasteiger partial charge in [-0.3, -0.25) is 4.98 Å². The third-order valence-corrected chi connectivity index (χ3v) is 3.37. The molecule has 0 radical (unpaired) electrons. The van der Waals surface area contributed by atoms with E-state index >= 15 is 0 Å². The Morgan fingerprint density at radius 2 is 1.90 bits per heavy atom. The number of rotatable bonds is 5. The number of benzene rings is 1. The molecule has 0 aliphatic carbocycles. The minimum Gasteiger partial charge on any atom is -0.492 e. The first kappa shape index (κ1) is 14.5. The summed E-state index contributed by atoms with van der Waals surface area (Å²) < 4.78 is 5.55. The van der Waals surface area contributed by atoms with Gasteiger partial charge in [0.05, 0.1) is 12.8 Å². The van der Waals surface area contributed by atoms with Gasteiger partial charge in [0.25, 0.3) is 0 Å². The summed E-state index contributed by atoms with van der Waals surface area (Å²) in [7, 11) is 0. The maximum atomic E-state index is 10.5. The fourth-order valence-electron chi connectivity index (χ4n) is 2.01. The molecule has 0 spiro atoms. The molecule has 0 saturated carbocycles. The lowest BCUT2D eigenvalue weighted by Crippen LogP contribution is -2.03. The summed E-state index contributed by atoms with van der Waals surface area (Å²) >= 11 is 0. The molecular formula is C17H21NO2. The predicted octanol–water partition coefficient (Wildman–Crippen LogP) is 3.57. The summed E-state index contributed by atoms with van der Waals surface area (Å²) in [5.41, 5.74) is 4.02. The molecule has 3 heteroatoms. The van der Waals surface area contributed by atoms with Gasteiger partial charge >= 0.3 is 0 Å². The van der Waals surface area contributed by atoms with Crippen LogP contribution in [0.2, 0.25) is 0 Å². The second-order valence-corrected chi connectivity index (χ2v) is 5.05. The van der Waals surface area contributed by atoms with Crippen LogP contribution in [0.5, 0.6) is 5.75 Å². The standard InChI is InChI=1S/C17H21NO2/c1-4-7-20-16-9-15(10-18-11-16)17(19)14-6-5-12(2)13(3)8-14/h5-6,8-11,17,19H,4,7H2,1-3H3. The van der Waals surface area contributed by atoms with E-state index in [-0.39, 0.29) is 0 Å². The summed E-state index contributed by atoms with van der Waals surface area (Å²) in [6.07, 6.45) is 3.63. The molecule has 1 aromatic carbocycles. The Balaban J connectivity index is 2.23. The molecule has 106 valence electrons. The van der Waals surface area contributed by atoms with E-state index in [1.165, 1.54) is 11.1 Å². The van der Waals surface area contributed by atoms with Crippen molar-refractivity contribution in [2.45, 2.75) is 33.3 Å². The van der Waals surface area contributed by atoms with E-state index in [1.54, 1.807) is 12.4 Å². The Morgan fingerprint density at radius 1 is 1.10 bits per heavy atom. The number of aliphatic hydroxyl groups excluding tert-OH is 1. The first-order valence-electron chi connectivity index (χ1n) is 6.94. The van der Waals surface area contributed by atoms with E-state index in [4.69, 9.17) is 4.74 Å². The highest BCUT2D eigenvalue weighted by Gasteiger charge is 2.12. The molecule has 2 aromatic rings. The van der Waals surface area contributed by atoms with Gasteiger partial charge in [-0.2, -0.15) is 0 Å². The van der Waals surface area contributed by atoms with Crippen molar-refractivity contribution in [3.8, 4) is 5.75 Å². The third kappa shape index (κ3) is 3.36. The number of hydrogen-bond donors (Lipinski definition) is 1. The van der Waals surface area contributed by atoms with Crippen LogP contribution in [0.1, 0.15) is 41.7 Å². The van der Waals surface area contributed by atoms with Crippen molar-refractivity contribution in [3.63, 3.8) is 0 Å². The van der Waals surface area contributed by atoms with Crippen molar-refractivity contribution in [1.29, 1.82) is 0 Å². The predicted molar refractivity (Wildman–Crippen MR) is 80.0 cm³/mol. The number of aryl methyl sites for hydroxylation is 2. The Bertz CT molecular complexity index is 581. The van der Waals surface area contributed by atoms with Gasteiger partial charge in [0.15, 0.2) is 0 Å². The van der Waals surface area contributed by atoms with Gasteiger partial charge in [0.2, 0.25) is 0 Å². The van der Waals surface area contributed by atoms with Crippen molar-refractivity contribution in [1.82, 2.24) is 4.98 Å². The molecule has 1 unspecified atom stereocenters. The number of pyridine rings is 1. The second kappa shape index (κ2) is 6.53. The van der Waals surface area contributed by atoms with Gasteiger partial charge in [-0.1, -0.05) is 25.1 Å². The van der Waals surface area contributed by atoms with Crippen LogP contribution in [0.25, 0.3) is 0 Å². The average molecular weight is 271 g/mol. The highest BCUT2D eigenvalue weighted by molar-refractivity contribution is 5.36. The quantitative estimate of drug-likeness (QED) is 0.904. The third-order valence-electron chi connectivity index (χ3n) is 3.37. The maximum absolute atomic E-state index is 10.5. The minimum atomic E-state index is -0.674. The van der Waals surface area contributed by atoms with Gasteiger partial charge in [-0.25, -0.2) is 0 Å². The Labute approximate surface area is 120 Å². The fraction of sp³-hybridized carbons (Fsp3) is 0.353. The Morgan fingerprint density at radius 3 is 2.60 bits per heavy atom. The molecule has 0 saturated heterocycles. The number of aromatic nitrogens is 1. The first-order chi connectivity index (χ1) is 9.61. The molecule has 2 rings (SSSR count). The molecule has 1 atom stereocenters. The van der Waals surface area contributed by atoms with Crippen LogP contribution < -0.4 is 4.74 Å². The van der Waals surface area contributed by atoms with Crippen LogP contribution in [0, 0.1) is 13.8 Å². The van der Waals surface area contributed by atoms with Gasteiger partial charge in [-0.15, -0.1) is 0 Å². The molecule has 0 aliphatic heterocycles. The number of hydrogen-bond acceptors (Lipinski definition) is 3. The maximum Gasteiger partial charge on any atom is 0.137 e. The van der Waals surface area contributed by atoms with E-state index in [1.807, 2.05) is 31.2 Å². The lowest BCUT2D eigenvalue weighted by Gasteiger charge is -2.14. The average Bonchev–Trinajstić information content (AvgIpc) is 2.47. The van der Waals surface area contributed by atoms with E-state index in [9.17, 15) is 5.11 Å². The monoisotopic (exact) mass is 271 g/mol. The smallest absolute Gasteiger partial charge is 0.137 e. The van der Waals surface area contributed by atoms with Crippen molar-refractivity contribution in [2.75, 3.05) is 6.61 Å². The fourth-order valence-corrected chi connectivity index (χ4v) is 2.01. The molecule has 3 nitrogen and oxygen atoms in total. The number of ether oxygens (including phenoxy) is 1. The van der Waals surface area contributed by atoms with Gasteiger partial charge in [0, 0.05) is 11.8 Å². The zero-order chi connectivity index (χ0) is 14.5. The van der Waals surface area contributed by atoms with Crippen molar-refractivity contribution in [3.05, 3.63) is 58.9 Å². The van der Waals surface area contributed by atoms with Crippen LogP contribution >= 0.6 is 0 Å². The largest absolute Gasteiger partial charge is 0.492 e. The Hall–Kier alpha value is -1.87. The van der Waals surface area contributed by atoms with Crippen molar-refractivity contribution in [2.24, 2.45) is 0 Å². The zero-order valence-corrected chi connectivity index (χ0v) is 12.3.